The van der Waals surface area contributed by atoms with Crippen LogP contribution in [0.4, 0.5) is 5.69 Å². The van der Waals surface area contributed by atoms with E-state index in [1.165, 1.54) is 22.3 Å². The fraction of sp³-hybridized carbons (Fsp3) is 0.280. The highest BCUT2D eigenvalue weighted by atomic mass is 16.7. The zero-order valence-corrected chi connectivity index (χ0v) is 17.4. The lowest BCUT2D eigenvalue weighted by Gasteiger charge is -2.34. The number of para-hydroxylation sites is 1. The number of benzene rings is 3. The Morgan fingerprint density at radius 3 is 1.62 bits per heavy atom. The largest absolute Gasteiger partial charge is 0.594 e. The lowest BCUT2D eigenvalue weighted by Crippen LogP contribution is -2.45. The summed E-state index contributed by atoms with van der Waals surface area (Å²) >= 11 is 0. The van der Waals surface area contributed by atoms with Gasteiger partial charge in [0.05, 0.1) is 17.2 Å². The van der Waals surface area contributed by atoms with Gasteiger partial charge in [0.25, 0.3) is 0 Å². The molecule has 0 saturated carbocycles. The molecule has 0 aromatic heterocycles. The average Bonchev–Trinajstić information content (AvgIpc) is 3.14. The molecule has 1 heterocycles. The fourth-order valence-electron chi connectivity index (χ4n) is 4.35. The zero-order valence-electron chi connectivity index (χ0n) is 17.4. The molecule has 3 aromatic carbocycles. The van der Waals surface area contributed by atoms with Crippen molar-refractivity contribution >= 4 is 12.9 Å². The van der Waals surface area contributed by atoms with Crippen molar-refractivity contribution in [3.05, 3.63) is 90.0 Å². The quantitative estimate of drug-likeness (QED) is 0.530. The van der Waals surface area contributed by atoms with Gasteiger partial charge in [-0.25, -0.2) is 0 Å². The van der Waals surface area contributed by atoms with Gasteiger partial charge in [-0.2, -0.15) is 0 Å². The number of fused-ring (bicyclic) bond motifs is 3. The van der Waals surface area contributed by atoms with Crippen LogP contribution >= 0.6 is 0 Å². The molecule has 0 N–H and O–H groups in total. The molecular weight excluding hydrogens is 357 g/mol. The van der Waals surface area contributed by atoms with Gasteiger partial charge >= 0.3 is 7.25 Å². The molecule has 0 spiro atoms. The second-order valence-electron chi connectivity index (χ2n) is 8.88. The minimum atomic E-state index is -0.480. The molecule has 1 aliphatic heterocycles. The molecule has 0 bridgehead atoms. The summed E-state index contributed by atoms with van der Waals surface area (Å²) in [7, 11) is -0.480. The van der Waals surface area contributed by atoms with E-state index < -0.39 is 18.5 Å². The van der Waals surface area contributed by atoms with Gasteiger partial charge in [0.15, 0.2) is 0 Å². The van der Waals surface area contributed by atoms with E-state index in [0.717, 1.165) is 5.69 Å². The van der Waals surface area contributed by atoms with Crippen LogP contribution in [-0.4, -0.2) is 18.5 Å². The van der Waals surface area contributed by atoms with E-state index >= 15 is 0 Å². The Morgan fingerprint density at radius 2 is 1.10 bits per heavy atom. The first kappa shape index (κ1) is 18.5. The summed E-state index contributed by atoms with van der Waals surface area (Å²) in [5, 5.41) is 0. The van der Waals surface area contributed by atoms with E-state index in [0.29, 0.717) is 0 Å². The number of hydrogen-bond donors (Lipinski definition) is 0. The summed E-state index contributed by atoms with van der Waals surface area (Å²) in [5.41, 5.74) is 5.42. The molecule has 3 nitrogen and oxygen atoms in total. The van der Waals surface area contributed by atoms with Gasteiger partial charge < -0.3 is 14.1 Å². The Kier molecular flexibility index (Phi) is 4.13. The Hall–Kier alpha value is -2.56. The molecule has 5 rings (SSSR count). The fourth-order valence-corrected chi connectivity index (χ4v) is 4.35. The van der Waals surface area contributed by atoms with E-state index in [9.17, 15) is 0 Å². The van der Waals surface area contributed by atoms with Crippen molar-refractivity contribution in [1.29, 1.82) is 0 Å². The van der Waals surface area contributed by atoms with Crippen LogP contribution in [0.5, 0.6) is 0 Å². The molecular formula is C25H26BNO2. The number of anilines is 1. The molecule has 146 valence electrons. The third-order valence-electron chi connectivity index (χ3n) is 6.60. The van der Waals surface area contributed by atoms with Crippen molar-refractivity contribution in [2.45, 2.75) is 44.9 Å². The molecule has 2 aliphatic rings. The summed E-state index contributed by atoms with van der Waals surface area (Å²) in [6.45, 7) is 8.42. The van der Waals surface area contributed by atoms with Crippen LogP contribution < -0.4 is 4.81 Å². The Labute approximate surface area is 173 Å². The van der Waals surface area contributed by atoms with E-state index in [4.69, 9.17) is 9.31 Å². The molecule has 3 aromatic rings. The smallest absolute Gasteiger partial charge is 0.384 e. The summed E-state index contributed by atoms with van der Waals surface area (Å²) in [4.78, 5) is 2.29. The predicted molar refractivity (Wildman–Crippen MR) is 119 cm³/mol. The number of rotatable bonds is 3. The van der Waals surface area contributed by atoms with Crippen LogP contribution in [0.1, 0.15) is 44.9 Å². The van der Waals surface area contributed by atoms with Crippen molar-refractivity contribution in [1.82, 2.24) is 0 Å². The van der Waals surface area contributed by atoms with Crippen LogP contribution in [0, 0.1) is 0 Å². The van der Waals surface area contributed by atoms with Crippen molar-refractivity contribution in [3.63, 3.8) is 0 Å². The zero-order chi connectivity index (χ0) is 20.2. The number of hydrogen-bond acceptors (Lipinski definition) is 3. The normalized spacial score (nSPS) is 19.1. The molecule has 29 heavy (non-hydrogen) atoms. The van der Waals surface area contributed by atoms with Gasteiger partial charge in [-0.3, -0.25) is 0 Å². The number of nitrogens with zero attached hydrogens (tertiary/aromatic N) is 1. The molecule has 0 amide bonds. The highest BCUT2D eigenvalue weighted by molar-refractivity contribution is 6.51. The third kappa shape index (κ3) is 2.82. The topological polar surface area (TPSA) is 21.7 Å². The van der Waals surface area contributed by atoms with Gasteiger partial charge in [-0.15, -0.1) is 0 Å². The van der Waals surface area contributed by atoms with Crippen LogP contribution in [0.2, 0.25) is 0 Å². The maximum absolute atomic E-state index is 6.53. The second-order valence-corrected chi connectivity index (χ2v) is 8.88. The molecule has 0 atom stereocenters. The molecule has 1 fully saturated rings. The first-order valence-corrected chi connectivity index (χ1v) is 10.3. The monoisotopic (exact) mass is 383 g/mol. The first-order chi connectivity index (χ1) is 13.9. The van der Waals surface area contributed by atoms with Crippen LogP contribution in [-0.2, 0) is 9.31 Å². The molecule has 0 unspecified atom stereocenters. The summed E-state index contributed by atoms with van der Waals surface area (Å²) in [6, 6.07) is 27.8. The Morgan fingerprint density at radius 1 is 0.655 bits per heavy atom. The molecule has 4 heteroatoms. The maximum atomic E-state index is 6.53. The van der Waals surface area contributed by atoms with E-state index in [-0.39, 0.29) is 6.04 Å². The minimum Gasteiger partial charge on any atom is -0.384 e. The first-order valence-electron chi connectivity index (χ1n) is 10.3. The van der Waals surface area contributed by atoms with Gasteiger partial charge in [0.1, 0.15) is 0 Å². The van der Waals surface area contributed by atoms with E-state index in [2.05, 4.69) is 105 Å². The Bertz CT molecular complexity index is 986. The lowest BCUT2D eigenvalue weighted by atomic mass is 9.90. The van der Waals surface area contributed by atoms with Crippen molar-refractivity contribution in [3.8, 4) is 11.1 Å². The molecule has 1 aliphatic carbocycles. The van der Waals surface area contributed by atoms with Gasteiger partial charge in [0.2, 0.25) is 0 Å². The van der Waals surface area contributed by atoms with Gasteiger partial charge in [0, 0.05) is 5.69 Å². The average molecular weight is 383 g/mol. The predicted octanol–water partition coefficient (Wildman–Crippen LogP) is 5.85. The van der Waals surface area contributed by atoms with Crippen LogP contribution in [0.3, 0.4) is 0 Å². The molecule has 0 radical (unpaired) electrons. The second kappa shape index (κ2) is 6.48. The van der Waals surface area contributed by atoms with Crippen molar-refractivity contribution in [2.24, 2.45) is 0 Å². The van der Waals surface area contributed by atoms with E-state index in [1.807, 2.05) is 6.07 Å². The van der Waals surface area contributed by atoms with Gasteiger partial charge in [-0.1, -0.05) is 66.7 Å². The summed E-state index contributed by atoms with van der Waals surface area (Å²) < 4.78 is 13.1. The highest BCUT2D eigenvalue weighted by Gasteiger charge is 2.56. The van der Waals surface area contributed by atoms with Crippen molar-refractivity contribution in [2.75, 3.05) is 4.81 Å². The molecule has 1 saturated heterocycles. The maximum Gasteiger partial charge on any atom is 0.594 e. The van der Waals surface area contributed by atoms with Crippen molar-refractivity contribution < 1.29 is 9.31 Å². The minimum absolute atomic E-state index is 0.0273. The lowest BCUT2D eigenvalue weighted by molar-refractivity contribution is 0.00578. The van der Waals surface area contributed by atoms with Crippen LogP contribution in [0.15, 0.2) is 78.9 Å². The third-order valence-corrected chi connectivity index (χ3v) is 6.60. The Balaban J connectivity index is 1.69. The standard InChI is InChI=1S/C25H26BNO2/c1-24(2)25(3,4)29-26(28-24)27(18-12-6-5-7-13-18)23-21-16-10-8-14-19(21)20-15-9-11-17-22(20)23/h5-17,23H,1-4H3. The SMILES string of the molecule is CC1(C)OB(N(c2ccccc2)C2c3ccccc3-c3ccccc32)OC1(C)C. The van der Waals surface area contributed by atoms with E-state index in [1.54, 1.807) is 0 Å². The highest BCUT2D eigenvalue weighted by Crippen LogP contribution is 2.50. The van der Waals surface area contributed by atoms with Crippen LogP contribution in [0.25, 0.3) is 11.1 Å². The summed E-state index contributed by atoms with van der Waals surface area (Å²) in [5.74, 6) is 0. The van der Waals surface area contributed by atoms with Gasteiger partial charge in [-0.05, 0) is 62.1 Å². The summed E-state index contributed by atoms with van der Waals surface area (Å²) in [6.07, 6.45) is 0.